The SMILES string of the molecule is C1=CC=CNC=C1.c1ccc2c(c1)CCC2. The summed E-state index contributed by atoms with van der Waals surface area (Å²) in [7, 11) is 0. The van der Waals surface area contributed by atoms with Crippen LogP contribution in [0.3, 0.4) is 0 Å². The Morgan fingerprint density at radius 3 is 1.88 bits per heavy atom. The molecule has 0 fully saturated rings. The summed E-state index contributed by atoms with van der Waals surface area (Å²) in [5, 5.41) is 2.92. The Labute approximate surface area is 97.2 Å². The quantitative estimate of drug-likeness (QED) is 0.694. The monoisotopic (exact) mass is 211 g/mol. The molecule has 0 saturated heterocycles. The fraction of sp³-hybridized carbons (Fsp3) is 0.200. The molecule has 1 N–H and O–H groups in total. The van der Waals surface area contributed by atoms with Crippen LogP contribution in [0.1, 0.15) is 17.5 Å². The third-order valence-electron chi connectivity index (χ3n) is 2.73. The van der Waals surface area contributed by atoms with E-state index in [4.69, 9.17) is 0 Å². The minimum atomic E-state index is 1.30. The highest BCUT2D eigenvalue weighted by atomic mass is 14.8. The molecule has 1 aromatic carbocycles. The molecule has 2 aliphatic rings. The number of fused-ring (bicyclic) bond motifs is 1. The van der Waals surface area contributed by atoms with Crippen LogP contribution in [-0.4, -0.2) is 0 Å². The molecule has 0 saturated carbocycles. The van der Waals surface area contributed by atoms with Crippen LogP contribution < -0.4 is 5.32 Å². The Hall–Kier alpha value is -1.76. The molecular formula is C15H17N. The second-order valence-electron chi connectivity index (χ2n) is 3.89. The second-order valence-corrected chi connectivity index (χ2v) is 3.89. The van der Waals surface area contributed by atoms with Gasteiger partial charge in [-0.25, -0.2) is 0 Å². The number of nitrogens with one attached hydrogen (secondary N) is 1. The number of allylic oxidation sites excluding steroid dienone is 4. The zero-order chi connectivity index (χ0) is 11.1. The summed E-state index contributed by atoms with van der Waals surface area (Å²) in [5.74, 6) is 0. The van der Waals surface area contributed by atoms with Crippen LogP contribution in [0.15, 0.2) is 61.0 Å². The van der Waals surface area contributed by atoms with E-state index < -0.39 is 0 Å². The Morgan fingerprint density at radius 1 is 0.750 bits per heavy atom. The van der Waals surface area contributed by atoms with E-state index in [-0.39, 0.29) is 0 Å². The predicted molar refractivity (Wildman–Crippen MR) is 69.0 cm³/mol. The first-order valence-electron chi connectivity index (χ1n) is 5.78. The maximum atomic E-state index is 2.92. The van der Waals surface area contributed by atoms with Crippen LogP contribution >= 0.6 is 0 Å². The van der Waals surface area contributed by atoms with Crippen LogP contribution in [0.5, 0.6) is 0 Å². The molecule has 1 heterocycles. The van der Waals surface area contributed by atoms with Crippen molar-refractivity contribution in [2.75, 3.05) is 0 Å². The lowest BCUT2D eigenvalue weighted by Crippen LogP contribution is -1.87. The standard InChI is InChI=1S/C9H10.C6H7N/c1-2-5-9-7-3-6-8(9)4-1;1-2-4-6-7-5-3-1/h1-2,4-5H,3,6-7H2;1-7H. The molecule has 0 aromatic heterocycles. The van der Waals surface area contributed by atoms with E-state index in [1.807, 2.05) is 36.7 Å². The first-order chi connectivity index (χ1) is 7.97. The summed E-state index contributed by atoms with van der Waals surface area (Å²) in [6.07, 6.45) is 15.5. The normalized spacial score (nSPS) is 15.8. The van der Waals surface area contributed by atoms with Crippen molar-refractivity contribution in [2.45, 2.75) is 19.3 Å². The van der Waals surface area contributed by atoms with E-state index in [9.17, 15) is 0 Å². The van der Waals surface area contributed by atoms with Crippen LogP contribution in [0.2, 0.25) is 0 Å². The van der Waals surface area contributed by atoms with E-state index in [1.165, 1.54) is 19.3 Å². The van der Waals surface area contributed by atoms with Crippen molar-refractivity contribution in [3.63, 3.8) is 0 Å². The predicted octanol–water partition coefficient (Wildman–Crippen LogP) is 3.35. The third kappa shape index (κ3) is 3.13. The second kappa shape index (κ2) is 5.96. The van der Waals surface area contributed by atoms with Gasteiger partial charge < -0.3 is 5.32 Å². The molecule has 0 bridgehead atoms. The Bertz CT molecular complexity index is 376. The van der Waals surface area contributed by atoms with Gasteiger partial charge in [0.15, 0.2) is 0 Å². The van der Waals surface area contributed by atoms with Crippen LogP contribution in [0, 0.1) is 0 Å². The first-order valence-corrected chi connectivity index (χ1v) is 5.78. The Balaban J connectivity index is 0.000000125. The smallest absolute Gasteiger partial charge is 0.000442 e. The fourth-order valence-electron chi connectivity index (χ4n) is 1.92. The van der Waals surface area contributed by atoms with E-state index in [1.54, 1.807) is 11.1 Å². The van der Waals surface area contributed by atoms with E-state index >= 15 is 0 Å². The minimum Gasteiger partial charge on any atom is -0.368 e. The van der Waals surface area contributed by atoms with Crippen LogP contribution in [-0.2, 0) is 12.8 Å². The molecular weight excluding hydrogens is 194 g/mol. The molecule has 1 nitrogen and oxygen atoms in total. The maximum Gasteiger partial charge on any atom is 0.000442 e. The van der Waals surface area contributed by atoms with Crippen molar-refractivity contribution in [3.05, 3.63) is 72.1 Å². The van der Waals surface area contributed by atoms with Crippen molar-refractivity contribution >= 4 is 0 Å². The van der Waals surface area contributed by atoms with Gasteiger partial charge in [0.05, 0.1) is 0 Å². The largest absolute Gasteiger partial charge is 0.368 e. The molecule has 3 rings (SSSR count). The van der Waals surface area contributed by atoms with Gasteiger partial charge in [0, 0.05) is 12.4 Å². The third-order valence-corrected chi connectivity index (χ3v) is 2.73. The van der Waals surface area contributed by atoms with Gasteiger partial charge in [-0.2, -0.15) is 0 Å². The summed E-state index contributed by atoms with van der Waals surface area (Å²) in [6, 6.07) is 8.74. The van der Waals surface area contributed by atoms with Gasteiger partial charge in [-0.15, -0.1) is 0 Å². The average molecular weight is 211 g/mol. The number of hydrogen-bond donors (Lipinski definition) is 1. The Morgan fingerprint density at radius 2 is 1.31 bits per heavy atom. The zero-order valence-electron chi connectivity index (χ0n) is 9.39. The lowest BCUT2D eigenvalue weighted by Gasteiger charge is -1.93. The Kier molecular flexibility index (Phi) is 4.00. The summed E-state index contributed by atoms with van der Waals surface area (Å²) in [5.41, 5.74) is 3.13. The summed E-state index contributed by atoms with van der Waals surface area (Å²) in [6.45, 7) is 0. The maximum absolute atomic E-state index is 2.92. The molecule has 1 aliphatic heterocycles. The number of rotatable bonds is 0. The molecule has 0 radical (unpaired) electrons. The molecule has 1 heteroatoms. The van der Waals surface area contributed by atoms with Crippen molar-refractivity contribution < 1.29 is 0 Å². The van der Waals surface area contributed by atoms with E-state index in [0.717, 1.165) is 0 Å². The van der Waals surface area contributed by atoms with Gasteiger partial charge in [0.2, 0.25) is 0 Å². The molecule has 0 spiro atoms. The lowest BCUT2D eigenvalue weighted by atomic mass is 10.1. The zero-order valence-corrected chi connectivity index (χ0v) is 9.39. The fourth-order valence-corrected chi connectivity index (χ4v) is 1.92. The minimum absolute atomic E-state index is 1.30. The highest BCUT2D eigenvalue weighted by Crippen LogP contribution is 2.20. The number of hydrogen-bond acceptors (Lipinski definition) is 1. The average Bonchev–Trinajstić information content (AvgIpc) is 2.61. The van der Waals surface area contributed by atoms with Gasteiger partial charge >= 0.3 is 0 Å². The van der Waals surface area contributed by atoms with Crippen molar-refractivity contribution in [1.29, 1.82) is 0 Å². The molecule has 1 aliphatic carbocycles. The van der Waals surface area contributed by atoms with Gasteiger partial charge in [-0.05, 0) is 42.5 Å². The lowest BCUT2D eigenvalue weighted by molar-refractivity contribution is 0.912. The topological polar surface area (TPSA) is 12.0 Å². The molecule has 1 aromatic rings. The van der Waals surface area contributed by atoms with Gasteiger partial charge in [0.25, 0.3) is 0 Å². The van der Waals surface area contributed by atoms with E-state index in [2.05, 4.69) is 29.6 Å². The van der Waals surface area contributed by atoms with Crippen LogP contribution in [0.25, 0.3) is 0 Å². The molecule has 82 valence electrons. The number of aryl methyl sites for hydroxylation is 2. The molecule has 16 heavy (non-hydrogen) atoms. The van der Waals surface area contributed by atoms with Gasteiger partial charge in [0.1, 0.15) is 0 Å². The van der Waals surface area contributed by atoms with Crippen molar-refractivity contribution in [1.82, 2.24) is 5.32 Å². The number of benzene rings is 1. The van der Waals surface area contributed by atoms with Crippen LogP contribution in [0.4, 0.5) is 0 Å². The highest BCUT2D eigenvalue weighted by Gasteiger charge is 2.07. The van der Waals surface area contributed by atoms with E-state index in [0.29, 0.717) is 0 Å². The summed E-state index contributed by atoms with van der Waals surface area (Å²) in [4.78, 5) is 0. The highest BCUT2D eigenvalue weighted by molar-refractivity contribution is 5.30. The molecule has 0 unspecified atom stereocenters. The van der Waals surface area contributed by atoms with Gasteiger partial charge in [-0.1, -0.05) is 36.4 Å². The van der Waals surface area contributed by atoms with Crippen molar-refractivity contribution in [2.24, 2.45) is 0 Å². The molecule has 0 atom stereocenters. The summed E-state index contributed by atoms with van der Waals surface area (Å²) < 4.78 is 0. The van der Waals surface area contributed by atoms with Crippen molar-refractivity contribution in [3.8, 4) is 0 Å². The van der Waals surface area contributed by atoms with Gasteiger partial charge in [-0.3, -0.25) is 0 Å². The molecule has 0 amide bonds. The summed E-state index contributed by atoms with van der Waals surface area (Å²) >= 11 is 0. The first kappa shape index (κ1) is 10.7.